The van der Waals surface area contributed by atoms with E-state index in [2.05, 4.69) is 61.0 Å². The molecular weight excluding hydrogens is 537 g/mol. The monoisotopic (exact) mass is 555 g/mol. The summed E-state index contributed by atoms with van der Waals surface area (Å²) >= 11 is 7.36. The topological polar surface area (TPSA) is 46.5 Å². The van der Waals surface area contributed by atoms with Crippen LogP contribution in [0.4, 0.5) is 5.13 Å². The van der Waals surface area contributed by atoms with Gasteiger partial charge in [-0.15, -0.1) is 11.3 Å². The predicted molar refractivity (Wildman–Crippen MR) is 126 cm³/mol. The van der Waals surface area contributed by atoms with Gasteiger partial charge in [0.25, 0.3) is 0 Å². The molecule has 140 valence electrons. The standard InChI is InChI=1S/C20H19BrIN3OS/c1-2-3-9-26-19-15(10-16(21)11-17(19)22)12-23-25-20-24-18(13-27-20)14-7-5-4-6-8-14/h4-8,10-13H,2-3,9H2,1H3,(H,24,25). The maximum absolute atomic E-state index is 5.97. The lowest BCUT2D eigenvalue weighted by Crippen LogP contribution is -2.02. The van der Waals surface area contributed by atoms with Crippen LogP contribution >= 0.6 is 49.9 Å². The smallest absolute Gasteiger partial charge is 0.203 e. The number of unbranched alkanes of at least 4 members (excludes halogenated alkanes) is 1. The van der Waals surface area contributed by atoms with E-state index in [1.54, 1.807) is 6.21 Å². The third kappa shape index (κ3) is 5.76. The minimum atomic E-state index is 0.704. The molecule has 0 fully saturated rings. The molecule has 0 aliphatic rings. The van der Waals surface area contributed by atoms with Gasteiger partial charge in [-0.1, -0.05) is 59.6 Å². The number of benzene rings is 2. The van der Waals surface area contributed by atoms with Crippen LogP contribution in [-0.4, -0.2) is 17.8 Å². The number of rotatable bonds is 8. The third-order valence-electron chi connectivity index (χ3n) is 3.72. The Morgan fingerprint density at radius 2 is 2.11 bits per heavy atom. The highest BCUT2D eigenvalue weighted by molar-refractivity contribution is 14.1. The first-order valence-corrected chi connectivity index (χ1v) is 11.3. The van der Waals surface area contributed by atoms with Crippen molar-refractivity contribution in [3.8, 4) is 17.0 Å². The second-order valence-electron chi connectivity index (χ2n) is 5.78. The molecule has 7 heteroatoms. The molecule has 0 aliphatic carbocycles. The van der Waals surface area contributed by atoms with Crippen molar-refractivity contribution in [3.05, 3.63) is 61.5 Å². The Kier molecular flexibility index (Phi) is 7.66. The Morgan fingerprint density at radius 3 is 2.89 bits per heavy atom. The van der Waals surface area contributed by atoms with E-state index in [9.17, 15) is 0 Å². The first-order chi connectivity index (χ1) is 13.2. The summed E-state index contributed by atoms with van der Waals surface area (Å²) in [4.78, 5) is 4.58. The van der Waals surface area contributed by atoms with Gasteiger partial charge in [0.1, 0.15) is 5.75 Å². The molecule has 1 N–H and O–H groups in total. The van der Waals surface area contributed by atoms with E-state index >= 15 is 0 Å². The van der Waals surface area contributed by atoms with Crippen LogP contribution in [-0.2, 0) is 0 Å². The Morgan fingerprint density at radius 1 is 1.30 bits per heavy atom. The van der Waals surface area contributed by atoms with E-state index in [1.807, 2.05) is 47.8 Å². The van der Waals surface area contributed by atoms with Crippen LogP contribution in [0.25, 0.3) is 11.3 Å². The van der Waals surface area contributed by atoms with Gasteiger partial charge in [-0.05, 0) is 41.1 Å². The molecule has 2 aromatic carbocycles. The lowest BCUT2D eigenvalue weighted by Gasteiger charge is -2.11. The third-order valence-corrected chi connectivity index (χ3v) is 5.73. The SMILES string of the molecule is CCCCOc1c(I)cc(Br)cc1C=NNc1nc(-c2ccccc2)cs1. The molecule has 27 heavy (non-hydrogen) atoms. The molecule has 0 amide bonds. The number of hydrazone groups is 1. The number of hydrogen-bond donors (Lipinski definition) is 1. The molecule has 4 nitrogen and oxygen atoms in total. The number of halogens is 2. The Balaban J connectivity index is 1.72. The molecule has 0 unspecified atom stereocenters. The van der Waals surface area contributed by atoms with Crippen LogP contribution in [0, 0.1) is 3.57 Å². The van der Waals surface area contributed by atoms with Crippen LogP contribution in [0.5, 0.6) is 5.75 Å². The molecule has 1 heterocycles. The number of aromatic nitrogens is 1. The number of anilines is 1. The van der Waals surface area contributed by atoms with E-state index < -0.39 is 0 Å². The molecule has 3 rings (SSSR count). The van der Waals surface area contributed by atoms with Crippen molar-refractivity contribution in [1.82, 2.24) is 4.98 Å². The molecule has 0 saturated carbocycles. The van der Waals surface area contributed by atoms with Gasteiger partial charge in [0, 0.05) is 21.0 Å². The fraction of sp³-hybridized carbons (Fsp3) is 0.200. The Hall–Kier alpha value is -1.45. The minimum absolute atomic E-state index is 0.704. The van der Waals surface area contributed by atoms with Crippen molar-refractivity contribution in [2.75, 3.05) is 12.0 Å². The molecule has 0 saturated heterocycles. The van der Waals surface area contributed by atoms with Crippen LogP contribution < -0.4 is 10.2 Å². The average molecular weight is 556 g/mol. The summed E-state index contributed by atoms with van der Waals surface area (Å²) in [5, 5.41) is 7.13. The van der Waals surface area contributed by atoms with E-state index in [1.165, 1.54) is 11.3 Å². The summed E-state index contributed by atoms with van der Waals surface area (Å²) in [7, 11) is 0. The average Bonchev–Trinajstić information content (AvgIpc) is 3.13. The zero-order chi connectivity index (χ0) is 19.1. The molecular formula is C20H19BrIN3OS. The van der Waals surface area contributed by atoms with Gasteiger partial charge in [-0.2, -0.15) is 5.10 Å². The number of nitrogens with zero attached hydrogens (tertiary/aromatic N) is 2. The van der Waals surface area contributed by atoms with E-state index in [4.69, 9.17) is 4.74 Å². The molecule has 0 spiro atoms. The van der Waals surface area contributed by atoms with Gasteiger partial charge in [0.2, 0.25) is 5.13 Å². The molecule has 3 aromatic rings. The number of ether oxygens (including phenoxy) is 1. The lowest BCUT2D eigenvalue weighted by molar-refractivity contribution is 0.307. The minimum Gasteiger partial charge on any atom is -0.492 e. The zero-order valence-electron chi connectivity index (χ0n) is 14.8. The van der Waals surface area contributed by atoms with Crippen LogP contribution in [0.3, 0.4) is 0 Å². The summed E-state index contributed by atoms with van der Waals surface area (Å²) in [5.74, 6) is 0.863. The maximum atomic E-state index is 5.97. The summed E-state index contributed by atoms with van der Waals surface area (Å²) < 4.78 is 8.02. The quantitative estimate of drug-likeness (QED) is 0.144. The van der Waals surface area contributed by atoms with Crippen molar-refractivity contribution in [2.24, 2.45) is 5.10 Å². The van der Waals surface area contributed by atoms with Gasteiger partial charge in [0.15, 0.2) is 0 Å². The highest BCUT2D eigenvalue weighted by Crippen LogP contribution is 2.29. The van der Waals surface area contributed by atoms with Crippen molar-refractivity contribution in [2.45, 2.75) is 19.8 Å². The van der Waals surface area contributed by atoms with Crippen molar-refractivity contribution >= 4 is 61.2 Å². The summed E-state index contributed by atoms with van der Waals surface area (Å²) in [6.07, 6.45) is 3.91. The van der Waals surface area contributed by atoms with Crippen LogP contribution in [0.1, 0.15) is 25.3 Å². The molecule has 0 radical (unpaired) electrons. The van der Waals surface area contributed by atoms with Gasteiger partial charge >= 0.3 is 0 Å². The van der Waals surface area contributed by atoms with Crippen LogP contribution in [0.2, 0.25) is 0 Å². The van der Waals surface area contributed by atoms with Crippen molar-refractivity contribution in [1.29, 1.82) is 0 Å². The largest absolute Gasteiger partial charge is 0.492 e. The number of nitrogens with one attached hydrogen (secondary N) is 1. The normalized spacial score (nSPS) is 11.1. The number of thiazole rings is 1. The van der Waals surface area contributed by atoms with Crippen molar-refractivity contribution < 1.29 is 4.74 Å². The highest BCUT2D eigenvalue weighted by Gasteiger charge is 2.09. The highest BCUT2D eigenvalue weighted by atomic mass is 127. The molecule has 0 bridgehead atoms. The fourth-order valence-electron chi connectivity index (χ4n) is 2.37. The van der Waals surface area contributed by atoms with Gasteiger partial charge in [0.05, 0.1) is 22.1 Å². The Labute approximate surface area is 185 Å². The maximum Gasteiger partial charge on any atom is 0.203 e. The summed E-state index contributed by atoms with van der Waals surface area (Å²) in [6.45, 7) is 2.86. The van der Waals surface area contributed by atoms with E-state index in [0.29, 0.717) is 6.61 Å². The Bertz CT molecular complexity index is 915. The van der Waals surface area contributed by atoms with Crippen molar-refractivity contribution in [3.63, 3.8) is 0 Å². The van der Waals surface area contributed by atoms with Gasteiger partial charge in [-0.25, -0.2) is 4.98 Å². The second-order valence-corrected chi connectivity index (χ2v) is 8.72. The predicted octanol–water partition coefficient (Wildman–Crippen LogP) is 6.80. The fourth-order valence-corrected chi connectivity index (χ4v) is 4.75. The first kappa shape index (κ1) is 20.3. The molecule has 0 atom stereocenters. The van der Waals surface area contributed by atoms with E-state index in [-0.39, 0.29) is 0 Å². The molecule has 0 aliphatic heterocycles. The zero-order valence-corrected chi connectivity index (χ0v) is 19.3. The van der Waals surface area contributed by atoms with Gasteiger partial charge < -0.3 is 4.74 Å². The van der Waals surface area contributed by atoms with Crippen LogP contribution in [0.15, 0.2) is 57.4 Å². The summed E-state index contributed by atoms with van der Waals surface area (Å²) in [5.41, 5.74) is 5.99. The number of hydrogen-bond acceptors (Lipinski definition) is 5. The first-order valence-electron chi connectivity index (χ1n) is 8.59. The van der Waals surface area contributed by atoms with Gasteiger partial charge in [-0.3, -0.25) is 5.43 Å². The lowest BCUT2D eigenvalue weighted by atomic mass is 10.2. The second kappa shape index (κ2) is 10.2. The molecule has 1 aromatic heterocycles. The summed E-state index contributed by atoms with van der Waals surface area (Å²) in [6, 6.07) is 14.2. The van der Waals surface area contributed by atoms with E-state index in [0.717, 1.165) is 48.6 Å².